The Bertz CT molecular complexity index is 519. The fourth-order valence-corrected chi connectivity index (χ4v) is 3.43. The molecule has 0 radical (unpaired) electrons. The van der Waals surface area contributed by atoms with Gasteiger partial charge in [0.2, 0.25) is 5.65 Å². The van der Waals surface area contributed by atoms with E-state index in [-0.39, 0.29) is 0 Å². The summed E-state index contributed by atoms with van der Waals surface area (Å²) in [6.45, 7) is 0. The molecule has 1 fully saturated rings. The van der Waals surface area contributed by atoms with Crippen molar-refractivity contribution >= 4 is 17.4 Å². The molecule has 2 aromatic rings. The molecule has 0 aliphatic carbocycles. The Labute approximate surface area is 104 Å². The van der Waals surface area contributed by atoms with Crippen LogP contribution in [-0.4, -0.2) is 33.2 Å². The highest BCUT2D eigenvalue weighted by atomic mass is 32.2. The van der Waals surface area contributed by atoms with Crippen molar-refractivity contribution in [2.75, 3.05) is 18.6 Å². The van der Waals surface area contributed by atoms with Gasteiger partial charge in [0, 0.05) is 17.9 Å². The van der Waals surface area contributed by atoms with Gasteiger partial charge in [-0.05, 0) is 30.7 Å². The first-order valence-corrected chi connectivity index (χ1v) is 7.01. The third-order valence-electron chi connectivity index (χ3n) is 3.17. The molecule has 3 heterocycles. The molecule has 0 spiro atoms. The summed E-state index contributed by atoms with van der Waals surface area (Å²) >= 11 is 2.01. The Morgan fingerprint density at radius 1 is 1.47 bits per heavy atom. The van der Waals surface area contributed by atoms with Gasteiger partial charge in [0.15, 0.2) is 5.75 Å². The molecule has 3 rings (SSSR count). The highest BCUT2D eigenvalue weighted by molar-refractivity contribution is 7.99. The van der Waals surface area contributed by atoms with Gasteiger partial charge in [-0.3, -0.25) is 4.40 Å². The van der Waals surface area contributed by atoms with Crippen LogP contribution in [-0.2, 0) is 0 Å². The smallest absolute Gasteiger partial charge is 0.203 e. The summed E-state index contributed by atoms with van der Waals surface area (Å²) in [5.74, 6) is 4.81. The van der Waals surface area contributed by atoms with Gasteiger partial charge in [0.1, 0.15) is 5.82 Å². The summed E-state index contributed by atoms with van der Waals surface area (Å²) in [6.07, 6.45) is 4.51. The van der Waals surface area contributed by atoms with E-state index in [2.05, 4.69) is 14.6 Å². The summed E-state index contributed by atoms with van der Waals surface area (Å²) in [6, 6.07) is 3.90. The molecule has 4 nitrogen and oxygen atoms in total. The molecular formula is C12H15N3OS. The second-order valence-electron chi connectivity index (χ2n) is 4.24. The average Bonchev–Trinajstić information content (AvgIpc) is 2.83. The van der Waals surface area contributed by atoms with Crippen molar-refractivity contribution in [3.8, 4) is 5.75 Å². The summed E-state index contributed by atoms with van der Waals surface area (Å²) in [5, 5.41) is 8.59. The summed E-state index contributed by atoms with van der Waals surface area (Å²) in [5.41, 5.74) is 0.820. The summed E-state index contributed by atoms with van der Waals surface area (Å²) < 4.78 is 7.36. The van der Waals surface area contributed by atoms with E-state index in [1.54, 1.807) is 7.11 Å². The molecule has 2 aromatic heterocycles. The molecular weight excluding hydrogens is 234 g/mol. The number of thioether (sulfide) groups is 1. The Balaban J connectivity index is 2.05. The highest BCUT2D eigenvalue weighted by Gasteiger charge is 2.21. The highest BCUT2D eigenvalue weighted by Crippen LogP contribution is 2.31. The van der Waals surface area contributed by atoms with E-state index in [0.717, 1.165) is 23.0 Å². The molecule has 0 amide bonds. The topological polar surface area (TPSA) is 39.4 Å². The first-order valence-electron chi connectivity index (χ1n) is 5.85. The van der Waals surface area contributed by atoms with Crippen molar-refractivity contribution in [1.82, 2.24) is 14.6 Å². The van der Waals surface area contributed by atoms with Crippen LogP contribution in [0, 0.1) is 0 Å². The summed E-state index contributed by atoms with van der Waals surface area (Å²) in [4.78, 5) is 0. The molecule has 1 atom stereocenters. The lowest BCUT2D eigenvalue weighted by Gasteiger charge is -2.19. The predicted molar refractivity (Wildman–Crippen MR) is 68.8 cm³/mol. The molecule has 0 bridgehead atoms. The second-order valence-corrected chi connectivity index (χ2v) is 5.39. The number of rotatable bonds is 2. The molecule has 1 saturated heterocycles. The Morgan fingerprint density at radius 3 is 3.18 bits per heavy atom. The fourth-order valence-electron chi connectivity index (χ4n) is 2.29. The zero-order valence-electron chi connectivity index (χ0n) is 9.80. The number of fused-ring (bicyclic) bond motifs is 1. The first-order chi connectivity index (χ1) is 8.40. The van der Waals surface area contributed by atoms with Crippen LogP contribution in [0.25, 0.3) is 5.65 Å². The largest absolute Gasteiger partial charge is 0.493 e. The molecule has 17 heavy (non-hydrogen) atoms. The number of pyridine rings is 1. The van der Waals surface area contributed by atoms with Gasteiger partial charge in [-0.2, -0.15) is 11.8 Å². The maximum absolute atomic E-state index is 5.30. The zero-order chi connectivity index (χ0) is 11.7. The molecule has 1 aliphatic rings. The molecule has 0 saturated carbocycles. The number of nitrogens with zero attached hydrogens (tertiary/aromatic N) is 3. The van der Waals surface area contributed by atoms with Crippen molar-refractivity contribution < 1.29 is 4.74 Å². The molecule has 0 aromatic carbocycles. The average molecular weight is 249 g/mol. The van der Waals surface area contributed by atoms with Gasteiger partial charge in [-0.1, -0.05) is 0 Å². The second kappa shape index (κ2) is 4.56. The van der Waals surface area contributed by atoms with Gasteiger partial charge >= 0.3 is 0 Å². The van der Waals surface area contributed by atoms with Crippen molar-refractivity contribution in [2.45, 2.75) is 18.8 Å². The SMILES string of the molecule is COc1cccn2c(C3CCCSC3)nnc12. The van der Waals surface area contributed by atoms with E-state index in [4.69, 9.17) is 4.74 Å². The Hall–Kier alpha value is -1.23. The minimum absolute atomic E-state index is 0.524. The third kappa shape index (κ3) is 1.88. The van der Waals surface area contributed by atoms with Gasteiger partial charge in [0.25, 0.3) is 0 Å². The van der Waals surface area contributed by atoms with Crippen LogP contribution in [0.4, 0.5) is 0 Å². The lowest BCUT2D eigenvalue weighted by molar-refractivity contribution is 0.416. The van der Waals surface area contributed by atoms with Gasteiger partial charge in [-0.15, -0.1) is 10.2 Å². The minimum atomic E-state index is 0.524. The lowest BCUT2D eigenvalue weighted by atomic mass is 10.1. The number of methoxy groups -OCH3 is 1. The first kappa shape index (κ1) is 10.9. The standard InChI is InChI=1S/C12H15N3OS/c1-16-10-5-2-6-15-11(13-14-12(10)15)9-4-3-7-17-8-9/h2,5-6,9H,3-4,7-8H2,1H3. The molecule has 1 aliphatic heterocycles. The van der Waals surface area contributed by atoms with E-state index in [1.807, 2.05) is 30.1 Å². The van der Waals surface area contributed by atoms with E-state index in [9.17, 15) is 0 Å². The fraction of sp³-hybridized carbons (Fsp3) is 0.500. The number of ether oxygens (including phenoxy) is 1. The van der Waals surface area contributed by atoms with Crippen molar-refractivity contribution in [1.29, 1.82) is 0 Å². The van der Waals surface area contributed by atoms with Crippen LogP contribution in [0.2, 0.25) is 0 Å². The minimum Gasteiger partial charge on any atom is -0.493 e. The summed E-state index contributed by atoms with van der Waals surface area (Å²) in [7, 11) is 1.67. The van der Waals surface area contributed by atoms with E-state index in [1.165, 1.54) is 18.6 Å². The molecule has 5 heteroatoms. The Kier molecular flexibility index (Phi) is 2.93. The van der Waals surface area contributed by atoms with E-state index in [0.29, 0.717) is 5.92 Å². The lowest BCUT2D eigenvalue weighted by Crippen LogP contribution is -2.12. The molecule has 1 unspecified atom stereocenters. The van der Waals surface area contributed by atoms with Crippen LogP contribution < -0.4 is 4.74 Å². The van der Waals surface area contributed by atoms with Gasteiger partial charge in [-0.25, -0.2) is 0 Å². The number of hydrogen-bond acceptors (Lipinski definition) is 4. The quantitative estimate of drug-likeness (QED) is 0.819. The number of aromatic nitrogens is 3. The van der Waals surface area contributed by atoms with Crippen LogP contribution >= 0.6 is 11.8 Å². The normalized spacial score (nSPS) is 20.6. The van der Waals surface area contributed by atoms with E-state index < -0.39 is 0 Å². The molecule has 90 valence electrons. The van der Waals surface area contributed by atoms with Crippen LogP contribution in [0.1, 0.15) is 24.6 Å². The predicted octanol–water partition coefficient (Wildman–Crippen LogP) is 2.35. The monoisotopic (exact) mass is 249 g/mol. The van der Waals surface area contributed by atoms with Gasteiger partial charge < -0.3 is 4.74 Å². The zero-order valence-corrected chi connectivity index (χ0v) is 10.6. The van der Waals surface area contributed by atoms with Gasteiger partial charge in [0.05, 0.1) is 7.11 Å². The van der Waals surface area contributed by atoms with Crippen LogP contribution in [0.5, 0.6) is 5.75 Å². The van der Waals surface area contributed by atoms with Crippen LogP contribution in [0.3, 0.4) is 0 Å². The van der Waals surface area contributed by atoms with E-state index >= 15 is 0 Å². The van der Waals surface area contributed by atoms with Crippen molar-refractivity contribution in [3.63, 3.8) is 0 Å². The van der Waals surface area contributed by atoms with Crippen molar-refractivity contribution in [2.24, 2.45) is 0 Å². The Morgan fingerprint density at radius 2 is 2.41 bits per heavy atom. The van der Waals surface area contributed by atoms with Crippen molar-refractivity contribution in [3.05, 3.63) is 24.2 Å². The maximum atomic E-state index is 5.30. The number of hydrogen-bond donors (Lipinski definition) is 0. The maximum Gasteiger partial charge on any atom is 0.203 e. The third-order valence-corrected chi connectivity index (χ3v) is 4.39. The molecule has 0 N–H and O–H groups in total. The van der Waals surface area contributed by atoms with Crippen LogP contribution in [0.15, 0.2) is 18.3 Å².